The van der Waals surface area contributed by atoms with Crippen LogP contribution in [0.4, 0.5) is 0 Å². The Kier molecular flexibility index (Phi) is 4.15. The van der Waals surface area contributed by atoms with Crippen LogP contribution in [0.2, 0.25) is 0 Å². The zero-order valence-corrected chi connectivity index (χ0v) is 11.0. The molecule has 0 amide bonds. The van der Waals surface area contributed by atoms with E-state index in [0.717, 1.165) is 17.8 Å². The van der Waals surface area contributed by atoms with Crippen molar-refractivity contribution in [3.8, 4) is 11.4 Å². The summed E-state index contributed by atoms with van der Waals surface area (Å²) >= 11 is 0. The molecule has 0 spiro atoms. The number of aliphatic hydroxyl groups is 1. The smallest absolute Gasteiger partial charge is 0.139 e. The first-order valence-electron chi connectivity index (χ1n) is 6.47. The van der Waals surface area contributed by atoms with Crippen molar-refractivity contribution in [3.63, 3.8) is 0 Å². The monoisotopic (exact) mass is 244 g/mol. The van der Waals surface area contributed by atoms with Crippen molar-refractivity contribution >= 4 is 0 Å². The van der Waals surface area contributed by atoms with Gasteiger partial charge in [0.05, 0.1) is 12.6 Å². The highest BCUT2D eigenvalue weighted by atomic mass is 16.3. The van der Waals surface area contributed by atoms with Crippen molar-refractivity contribution in [1.82, 2.24) is 9.55 Å². The van der Waals surface area contributed by atoms with Gasteiger partial charge in [0.25, 0.3) is 0 Å². The van der Waals surface area contributed by atoms with Crippen LogP contribution >= 0.6 is 0 Å². The molecule has 0 radical (unpaired) electrons. The second kappa shape index (κ2) is 5.83. The molecule has 18 heavy (non-hydrogen) atoms. The third-order valence-electron chi connectivity index (χ3n) is 3.43. The fourth-order valence-corrected chi connectivity index (χ4v) is 1.96. The van der Waals surface area contributed by atoms with Gasteiger partial charge >= 0.3 is 0 Å². The molecule has 0 saturated heterocycles. The van der Waals surface area contributed by atoms with Crippen LogP contribution in [0.1, 0.15) is 20.3 Å². The first kappa shape index (κ1) is 12.8. The molecule has 0 saturated carbocycles. The molecule has 2 rings (SSSR count). The minimum absolute atomic E-state index is 0.302. The van der Waals surface area contributed by atoms with Crippen molar-refractivity contribution in [2.75, 3.05) is 0 Å². The normalized spacial score (nSPS) is 14.4. The Morgan fingerprint density at radius 2 is 2.00 bits per heavy atom. The molecule has 0 bridgehead atoms. The predicted molar refractivity (Wildman–Crippen MR) is 73.1 cm³/mol. The lowest BCUT2D eigenvalue weighted by Crippen LogP contribution is -2.23. The molecule has 1 N–H and O–H groups in total. The maximum absolute atomic E-state index is 10.1. The largest absolute Gasteiger partial charge is 0.391 e. The molecule has 1 heterocycles. The zero-order chi connectivity index (χ0) is 13.0. The molecule has 1 aromatic carbocycles. The Morgan fingerprint density at radius 1 is 1.28 bits per heavy atom. The van der Waals surface area contributed by atoms with Gasteiger partial charge in [-0.1, -0.05) is 50.6 Å². The van der Waals surface area contributed by atoms with Gasteiger partial charge in [-0.05, 0) is 5.92 Å². The van der Waals surface area contributed by atoms with Crippen LogP contribution in [0.5, 0.6) is 0 Å². The minimum atomic E-state index is -0.327. The summed E-state index contributed by atoms with van der Waals surface area (Å²) in [5.74, 6) is 1.22. The highest BCUT2D eigenvalue weighted by Gasteiger charge is 2.15. The van der Waals surface area contributed by atoms with Crippen LogP contribution in [0.15, 0.2) is 42.7 Å². The third-order valence-corrected chi connectivity index (χ3v) is 3.43. The van der Waals surface area contributed by atoms with E-state index in [-0.39, 0.29) is 6.10 Å². The number of benzene rings is 1. The van der Waals surface area contributed by atoms with Crippen LogP contribution in [0, 0.1) is 5.92 Å². The summed E-state index contributed by atoms with van der Waals surface area (Å²) in [6, 6.07) is 10.1. The van der Waals surface area contributed by atoms with Crippen molar-refractivity contribution in [3.05, 3.63) is 42.7 Å². The Bertz CT molecular complexity index is 478. The number of hydrogen-bond acceptors (Lipinski definition) is 2. The number of rotatable bonds is 5. The van der Waals surface area contributed by atoms with E-state index in [9.17, 15) is 5.11 Å². The molecule has 0 aliphatic carbocycles. The first-order chi connectivity index (χ1) is 8.72. The predicted octanol–water partition coefficient (Wildman–Crippen LogP) is 2.96. The Balaban J connectivity index is 2.19. The van der Waals surface area contributed by atoms with Crippen molar-refractivity contribution in [2.24, 2.45) is 5.92 Å². The Labute approximate surface area is 108 Å². The topological polar surface area (TPSA) is 38.0 Å². The quantitative estimate of drug-likeness (QED) is 0.878. The van der Waals surface area contributed by atoms with E-state index >= 15 is 0 Å². The molecule has 2 aromatic rings. The number of aliphatic hydroxyl groups excluding tert-OH is 1. The van der Waals surface area contributed by atoms with Crippen molar-refractivity contribution in [1.29, 1.82) is 0 Å². The molecule has 3 nitrogen and oxygen atoms in total. The zero-order valence-electron chi connectivity index (χ0n) is 11.0. The van der Waals surface area contributed by atoms with Gasteiger partial charge in [-0.3, -0.25) is 0 Å². The first-order valence-corrected chi connectivity index (χ1v) is 6.47. The average molecular weight is 244 g/mol. The molecular weight excluding hydrogens is 224 g/mol. The summed E-state index contributed by atoms with van der Waals surface area (Å²) in [7, 11) is 0. The standard InChI is InChI=1S/C15H20N2O/c1-3-12(2)14(18)11-17-10-9-16-15(17)13-7-5-4-6-8-13/h4-10,12,14,18H,3,11H2,1-2H3. The molecule has 0 aliphatic rings. The summed E-state index contributed by atoms with van der Waals surface area (Å²) < 4.78 is 2.02. The molecule has 2 atom stereocenters. The SMILES string of the molecule is CCC(C)C(O)Cn1ccnc1-c1ccccc1. The lowest BCUT2D eigenvalue weighted by molar-refractivity contribution is 0.0970. The number of imidazole rings is 1. The van der Waals surface area contributed by atoms with E-state index in [4.69, 9.17) is 0 Å². The van der Waals surface area contributed by atoms with Gasteiger partial charge in [0.15, 0.2) is 0 Å². The van der Waals surface area contributed by atoms with Gasteiger partial charge in [-0.15, -0.1) is 0 Å². The molecule has 96 valence electrons. The van der Waals surface area contributed by atoms with Gasteiger partial charge in [0, 0.05) is 18.0 Å². The minimum Gasteiger partial charge on any atom is -0.391 e. The van der Waals surface area contributed by atoms with Crippen LogP contribution in [-0.2, 0) is 6.54 Å². The molecular formula is C15H20N2O. The fourth-order valence-electron chi connectivity index (χ4n) is 1.96. The van der Waals surface area contributed by atoms with Crippen LogP contribution in [0.25, 0.3) is 11.4 Å². The molecule has 1 aromatic heterocycles. The maximum Gasteiger partial charge on any atom is 0.139 e. The molecule has 0 fully saturated rings. The van der Waals surface area contributed by atoms with Crippen LogP contribution in [0.3, 0.4) is 0 Å². The van der Waals surface area contributed by atoms with Gasteiger partial charge in [0.1, 0.15) is 5.82 Å². The van der Waals surface area contributed by atoms with Crippen LogP contribution in [-0.4, -0.2) is 20.8 Å². The third kappa shape index (κ3) is 2.79. The summed E-state index contributed by atoms with van der Waals surface area (Å²) in [4.78, 5) is 4.38. The van der Waals surface area contributed by atoms with Gasteiger partial charge in [0.2, 0.25) is 0 Å². The lowest BCUT2D eigenvalue weighted by Gasteiger charge is -2.18. The second-order valence-corrected chi connectivity index (χ2v) is 4.72. The average Bonchev–Trinajstić information content (AvgIpc) is 2.86. The molecule has 2 unspecified atom stereocenters. The lowest BCUT2D eigenvalue weighted by atomic mass is 10.0. The highest BCUT2D eigenvalue weighted by molar-refractivity contribution is 5.55. The number of nitrogens with zero attached hydrogens (tertiary/aromatic N) is 2. The Morgan fingerprint density at radius 3 is 2.67 bits per heavy atom. The summed E-state index contributed by atoms with van der Waals surface area (Å²) in [6.07, 6.45) is 4.36. The maximum atomic E-state index is 10.1. The highest BCUT2D eigenvalue weighted by Crippen LogP contribution is 2.18. The summed E-state index contributed by atoms with van der Waals surface area (Å²) in [5, 5.41) is 10.1. The van der Waals surface area contributed by atoms with E-state index in [1.165, 1.54) is 0 Å². The number of aromatic nitrogens is 2. The van der Waals surface area contributed by atoms with Gasteiger partial charge in [-0.25, -0.2) is 4.98 Å². The molecule has 3 heteroatoms. The van der Waals surface area contributed by atoms with E-state index in [1.54, 1.807) is 6.20 Å². The summed E-state index contributed by atoms with van der Waals surface area (Å²) in [6.45, 7) is 4.77. The second-order valence-electron chi connectivity index (χ2n) is 4.72. The summed E-state index contributed by atoms with van der Waals surface area (Å²) in [5.41, 5.74) is 1.08. The van der Waals surface area contributed by atoms with Gasteiger partial charge < -0.3 is 9.67 Å². The van der Waals surface area contributed by atoms with Crippen LogP contribution < -0.4 is 0 Å². The molecule has 0 aliphatic heterocycles. The van der Waals surface area contributed by atoms with E-state index in [1.807, 2.05) is 41.1 Å². The van der Waals surface area contributed by atoms with E-state index in [0.29, 0.717) is 12.5 Å². The van der Waals surface area contributed by atoms with E-state index < -0.39 is 0 Å². The number of hydrogen-bond donors (Lipinski definition) is 1. The Hall–Kier alpha value is -1.61. The fraction of sp³-hybridized carbons (Fsp3) is 0.400. The van der Waals surface area contributed by atoms with E-state index in [2.05, 4.69) is 18.8 Å². The van der Waals surface area contributed by atoms with Crippen molar-refractivity contribution < 1.29 is 5.11 Å². The van der Waals surface area contributed by atoms with Gasteiger partial charge in [-0.2, -0.15) is 0 Å². The van der Waals surface area contributed by atoms with Crippen molar-refractivity contribution in [2.45, 2.75) is 32.9 Å².